The Morgan fingerprint density at radius 3 is 2.50 bits per heavy atom. The van der Waals surface area contributed by atoms with Gasteiger partial charge in [-0.05, 0) is 25.0 Å². The van der Waals surface area contributed by atoms with Crippen LogP contribution in [0.5, 0.6) is 0 Å². The van der Waals surface area contributed by atoms with Crippen LogP contribution in [0.2, 0.25) is 0 Å². The molecule has 3 nitrogen and oxygen atoms in total. The summed E-state index contributed by atoms with van der Waals surface area (Å²) in [6.45, 7) is 6.32. The van der Waals surface area contributed by atoms with Crippen LogP contribution >= 0.6 is 11.8 Å². The fourth-order valence-electron chi connectivity index (χ4n) is 0.647. The minimum atomic E-state index is 0.119. The molecule has 1 unspecified atom stereocenters. The van der Waals surface area contributed by atoms with Crippen LogP contribution in [-0.4, -0.2) is 22.0 Å². The summed E-state index contributed by atoms with van der Waals surface area (Å²) in [6.07, 6.45) is 1.17. The van der Waals surface area contributed by atoms with Gasteiger partial charge in [0.15, 0.2) is 5.84 Å². The molecule has 0 aromatic carbocycles. The Labute approximate surface area is 78.4 Å². The molecule has 0 aliphatic rings. The average Bonchev–Trinajstić information content (AvgIpc) is 2.02. The highest BCUT2D eigenvalue weighted by molar-refractivity contribution is 8.00. The first-order chi connectivity index (χ1) is 5.57. The Morgan fingerprint density at radius 2 is 2.08 bits per heavy atom. The van der Waals surface area contributed by atoms with Gasteiger partial charge in [0.2, 0.25) is 0 Å². The summed E-state index contributed by atoms with van der Waals surface area (Å²) in [5.41, 5.74) is 5.41. The van der Waals surface area contributed by atoms with E-state index in [-0.39, 0.29) is 5.25 Å². The van der Waals surface area contributed by atoms with Crippen LogP contribution in [0.15, 0.2) is 5.16 Å². The van der Waals surface area contributed by atoms with E-state index in [0.29, 0.717) is 5.84 Å². The number of thioether (sulfide) groups is 1. The van der Waals surface area contributed by atoms with Crippen molar-refractivity contribution in [2.75, 3.05) is 5.75 Å². The first-order valence-corrected chi connectivity index (χ1v) is 5.21. The van der Waals surface area contributed by atoms with Crippen molar-refractivity contribution in [1.29, 1.82) is 0 Å². The van der Waals surface area contributed by atoms with Gasteiger partial charge in [0.25, 0.3) is 0 Å². The number of nitrogens with zero attached hydrogens (tertiary/aromatic N) is 1. The molecule has 0 saturated carbocycles. The highest BCUT2D eigenvalue weighted by Crippen LogP contribution is 2.14. The minimum absolute atomic E-state index is 0.119. The summed E-state index contributed by atoms with van der Waals surface area (Å²) >= 11 is 1.72. The van der Waals surface area contributed by atoms with Gasteiger partial charge < -0.3 is 10.9 Å². The second-order valence-electron chi connectivity index (χ2n) is 3.22. The van der Waals surface area contributed by atoms with Crippen molar-refractivity contribution in [2.45, 2.75) is 32.4 Å². The average molecular weight is 190 g/mol. The van der Waals surface area contributed by atoms with Crippen LogP contribution in [0.1, 0.15) is 27.2 Å². The van der Waals surface area contributed by atoms with Crippen molar-refractivity contribution in [1.82, 2.24) is 0 Å². The zero-order valence-corrected chi connectivity index (χ0v) is 8.77. The van der Waals surface area contributed by atoms with Gasteiger partial charge in [-0.1, -0.05) is 19.0 Å². The quantitative estimate of drug-likeness (QED) is 0.301. The molecule has 0 aromatic rings. The van der Waals surface area contributed by atoms with Gasteiger partial charge in [-0.2, -0.15) is 11.8 Å². The second kappa shape index (κ2) is 6.17. The van der Waals surface area contributed by atoms with E-state index in [2.05, 4.69) is 19.0 Å². The maximum Gasteiger partial charge on any atom is 0.151 e. The molecule has 0 aliphatic carbocycles. The highest BCUT2D eigenvalue weighted by Gasteiger charge is 2.07. The summed E-state index contributed by atoms with van der Waals surface area (Å²) < 4.78 is 0. The van der Waals surface area contributed by atoms with Crippen molar-refractivity contribution < 1.29 is 5.21 Å². The van der Waals surface area contributed by atoms with Crippen LogP contribution in [0.4, 0.5) is 0 Å². The predicted octanol–water partition coefficient (Wildman–Crippen LogP) is 1.90. The van der Waals surface area contributed by atoms with E-state index in [1.165, 1.54) is 6.42 Å². The first-order valence-electron chi connectivity index (χ1n) is 4.17. The number of rotatable bonds is 5. The molecular formula is C8H18N2OS. The van der Waals surface area contributed by atoms with Crippen molar-refractivity contribution in [2.24, 2.45) is 16.8 Å². The lowest BCUT2D eigenvalue weighted by molar-refractivity contribution is 0.317. The lowest BCUT2D eigenvalue weighted by Gasteiger charge is -2.09. The summed E-state index contributed by atoms with van der Waals surface area (Å²) in [7, 11) is 0. The van der Waals surface area contributed by atoms with E-state index in [4.69, 9.17) is 10.9 Å². The van der Waals surface area contributed by atoms with Crippen LogP contribution in [0, 0.1) is 5.92 Å². The smallest absolute Gasteiger partial charge is 0.151 e. The van der Waals surface area contributed by atoms with E-state index < -0.39 is 0 Å². The number of oxime groups is 1. The molecule has 0 saturated heterocycles. The van der Waals surface area contributed by atoms with Crippen molar-refractivity contribution in [3.63, 3.8) is 0 Å². The van der Waals surface area contributed by atoms with Crippen molar-refractivity contribution in [3.8, 4) is 0 Å². The van der Waals surface area contributed by atoms with Crippen LogP contribution < -0.4 is 5.73 Å². The summed E-state index contributed by atoms with van der Waals surface area (Å²) in [5, 5.41) is 11.4. The standard InChI is InChI=1S/C8H18N2OS/c1-6(2)4-5-12-7(3)8(9)10-11/h6-7,11H,4-5H2,1-3H3,(H2,9,10). The Kier molecular flexibility index (Phi) is 5.98. The van der Waals surface area contributed by atoms with Crippen LogP contribution in [0.25, 0.3) is 0 Å². The van der Waals surface area contributed by atoms with E-state index in [9.17, 15) is 0 Å². The molecule has 0 amide bonds. The first kappa shape index (κ1) is 11.6. The Balaban J connectivity index is 3.51. The van der Waals surface area contributed by atoms with E-state index >= 15 is 0 Å². The van der Waals surface area contributed by atoms with Crippen LogP contribution in [0.3, 0.4) is 0 Å². The molecule has 0 fully saturated rings. The number of nitrogens with two attached hydrogens (primary N) is 1. The molecule has 0 aromatic heterocycles. The number of amidine groups is 1. The zero-order chi connectivity index (χ0) is 9.56. The van der Waals surface area contributed by atoms with Gasteiger partial charge in [0, 0.05) is 0 Å². The van der Waals surface area contributed by atoms with E-state index in [1.54, 1.807) is 11.8 Å². The maximum absolute atomic E-state index is 8.36. The van der Waals surface area contributed by atoms with E-state index in [0.717, 1.165) is 11.7 Å². The largest absolute Gasteiger partial charge is 0.409 e. The molecule has 0 rings (SSSR count). The Hall–Kier alpha value is -0.380. The summed E-state index contributed by atoms with van der Waals surface area (Å²) in [6, 6.07) is 0. The molecule has 0 aliphatic heterocycles. The predicted molar refractivity (Wildman–Crippen MR) is 54.8 cm³/mol. The van der Waals surface area contributed by atoms with Gasteiger partial charge in [-0.15, -0.1) is 0 Å². The van der Waals surface area contributed by atoms with E-state index in [1.807, 2.05) is 6.92 Å². The molecule has 0 spiro atoms. The second-order valence-corrected chi connectivity index (χ2v) is 4.67. The van der Waals surface area contributed by atoms with Crippen LogP contribution in [-0.2, 0) is 0 Å². The fraction of sp³-hybridized carbons (Fsp3) is 0.875. The third-order valence-corrected chi connectivity index (χ3v) is 2.81. The zero-order valence-electron chi connectivity index (χ0n) is 7.95. The van der Waals surface area contributed by atoms with Gasteiger partial charge in [0.1, 0.15) is 0 Å². The SMILES string of the molecule is CC(C)CCSC(C)C(N)=NO. The van der Waals surface area contributed by atoms with Gasteiger partial charge in [-0.3, -0.25) is 0 Å². The molecule has 1 atom stereocenters. The molecule has 4 heteroatoms. The van der Waals surface area contributed by atoms with Gasteiger partial charge in [-0.25, -0.2) is 0 Å². The fourth-order valence-corrected chi connectivity index (χ4v) is 1.83. The van der Waals surface area contributed by atoms with Crippen molar-refractivity contribution >= 4 is 17.6 Å². The third-order valence-electron chi connectivity index (χ3n) is 1.60. The Bertz CT molecular complexity index is 148. The maximum atomic E-state index is 8.36. The minimum Gasteiger partial charge on any atom is -0.409 e. The van der Waals surface area contributed by atoms with Crippen molar-refractivity contribution in [3.05, 3.63) is 0 Å². The summed E-state index contributed by atoms with van der Waals surface area (Å²) in [5.74, 6) is 2.09. The summed E-state index contributed by atoms with van der Waals surface area (Å²) in [4.78, 5) is 0. The molecule has 0 heterocycles. The monoisotopic (exact) mass is 190 g/mol. The highest BCUT2D eigenvalue weighted by atomic mass is 32.2. The lowest BCUT2D eigenvalue weighted by Crippen LogP contribution is -2.23. The molecule has 0 bridgehead atoms. The molecule has 12 heavy (non-hydrogen) atoms. The number of hydrogen-bond acceptors (Lipinski definition) is 3. The molecule has 0 radical (unpaired) electrons. The molecule has 3 N–H and O–H groups in total. The van der Waals surface area contributed by atoms with Gasteiger partial charge >= 0.3 is 0 Å². The molecule has 72 valence electrons. The lowest BCUT2D eigenvalue weighted by atomic mass is 10.2. The third kappa shape index (κ3) is 5.29. The Morgan fingerprint density at radius 1 is 1.50 bits per heavy atom. The van der Waals surface area contributed by atoms with Gasteiger partial charge in [0.05, 0.1) is 5.25 Å². The normalized spacial score (nSPS) is 15.2. The number of hydrogen-bond donors (Lipinski definition) is 2. The molecular weight excluding hydrogens is 172 g/mol. The topological polar surface area (TPSA) is 58.6 Å².